The van der Waals surface area contributed by atoms with Gasteiger partial charge in [0.25, 0.3) is 0 Å². The summed E-state index contributed by atoms with van der Waals surface area (Å²) in [6, 6.07) is 1.95. The monoisotopic (exact) mass is 280 g/mol. The molecule has 0 aromatic carbocycles. The van der Waals surface area contributed by atoms with Gasteiger partial charge in [0, 0.05) is 12.6 Å². The number of aromatic nitrogens is 1. The normalized spacial score (nSPS) is 12.0. The lowest BCUT2D eigenvalue weighted by molar-refractivity contribution is -0.137. The Morgan fingerprint density at radius 2 is 1.94 bits per heavy atom. The minimum absolute atomic E-state index is 0.0667. The Bertz CT molecular complexity index is 405. The van der Waals surface area contributed by atoms with Crippen molar-refractivity contribution in [3.63, 3.8) is 0 Å². The average Bonchev–Trinajstić information content (AvgIpc) is 2.23. The van der Waals surface area contributed by atoms with Crippen molar-refractivity contribution in [2.45, 2.75) is 39.4 Å². The van der Waals surface area contributed by atoms with Gasteiger partial charge in [-0.05, 0) is 32.4 Å². The highest BCUT2D eigenvalue weighted by molar-refractivity contribution is 6.29. The molecule has 1 aromatic rings. The molecule has 102 valence electrons. The molecular formula is C12H16ClF3N2. The fourth-order valence-corrected chi connectivity index (χ4v) is 1.88. The molecule has 0 bridgehead atoms. The maximum absolute atomic E-state index is 12.7. The van der Waals surface area contributed by atoms with E-state index in [4.69, 9.17) is 11.6 Å². The first-order valence-corrected chi connectivity index (χ1v) is 6.15. The van der Waals surface area contributed by atoms with Crippen LogP contribution in [0.4, 0.5) is 19.0 Å². The largest absolute Gasteiger partial charge is 0.416 e. The van der Waals surface area contributed by atoms with Gasteiger partial charge in [-0.1, -0.05) is 18.5 Å². The Hall–Kier alpha value is -0.970. The van der Waals surface area contributed by atoms with Crippen LogP contribution in [0.25, 0.3) is 0 Å². The second-order valence-corrected chi connectivity index (χ2v) is 4.71. The van der Waals surface area contributed by atoms with E-state index in [1.165, 1.54) is 0 Å². The van der Waals surface area contributed by atoms with Crippen LogP contribution in [0, 0.1) is 0 Å². The van der Waals surface area contributed by atoms with Crippen LogP contribution in [-0.2, 0) is 6.18 Å². The van der Waals surface area contributed by atoms with Crippen molar-refractivity contribution >= 4 is 17.4 Å². The zero-order valence-electron chi connectivity index (χ0n) is 10.6. The van der Waals surface area contributed by atoms with Crippen molar-refractivity contribution in [2.24, 2.45) is 0 Å². The topological polar surface area (TPSA) is 16.1 Å². The van der Waals surface area contributed by atoms with Gasteiger partial charge in [-0.3, -0.25) is 0 Å². The maximum atomic E-state index is 12.7. The molecule has 0 atom stereocenters. The molecule has 1 heterocycles. The van der Waals surface area contributed by atoms with Gasteiger partial charge in [-0.15, -0.1) is 0 Å². The molecular weight excluding hydrogens is 265 g/mol. The molecule has 1 aromatic heterocycles. The number of alkyl halides is 3. The molecule has 0 amide bonds. The summed E-state index contributed by atoms with van der Waals surface area (Å²) in [6.45, 7) is 6.42. The van der Waals surface area contributed by atoms with Gasteiger partial charge in [0.1, 0.15) is 11.0 Å². The Balaban J connectivity index is 3.19. The molecule has 1 rings (SSSR count). The molecule has 0 saturated heterocycles. The summed E-state index contributed by atoms with van der Waals surface area (Å²) in [5, 5.41) is -0.137. The highest BCUT2D eigenvalue weighted by Crippen LogP contribution is 2.33. The summed E-state index contributed by atoms with van der Waals surface area (Å²) in [4.78, 5) is 5.79. The van der Waals surface area contributed by atoms with Gasteiger partial charge >= 0.3 is 6.18 Å². The van der Waals surface area contributed by atoms with E-state index in [9.17, 15) is 13.2 Å². The number of halogens is 4. The summed E-state index contributed by atoms with van der Waals surface area (Å²) >= 11 is 5.67. The summed E-state index contributed by atoms with van der Waals surface area (Å²) < 4.78 is 38.1. The molecule has 0 saturated carbocycles. The van der Waals surface area contributed by atoms with Crippen molar-refractivity contribution in [3.8, 4) is 0 Å². The van der Waals surface area contributed by atoms with Crippen LogP contribution < -0.4 is 4.90 Å². The first-order chi connectivity index (χ1) is 8.25. The molecule has 0 aliphatic carbocycles. The Morgan fingerprint density at radius 1 is 1.33 bits per heavy atom. The van der Waals surface area contributed by atoms with Crippen molar-refractivity contribution < 1.29 is 13.2 Å². The molecule has 0 aliphatic heterocycles. The molecule has 0 fully saturated rings. The van der Waals surface area contributed by atoms with Crippen molar-refractivity contribution in [1.29, 1.82) is 0 Å². The number of anilines is 1. The number of hydrogen-bond donors (Lipinski definition) is 0. The van der Waals surface area contributed by atoms with Gasteiger partial charge in [-0.2, -0.15) is 13.2 Å². The lowest BCUT2D eigenvalue weighted by Crippen LogP contribution is -2.32. The van der Waals surface area contributed by atoms with E-state index in [1.807, 2.05) is 20.8 Å². The maximum Gasteiger partial charge on any atom is 0.416 e. The second-order valence-electron chi connectivity index (χ2n) is 4.32. The van der Waals surface area contributed by atoms with Crippen LogP contribution in [0.2, 0.25) is 5.15 Å². The number of rotatable bonds is 4. The quantitative estimate of drug-likeness (QED) is 0.761. The van der Waals surface area contributed by atoms with Crippen molar-refractivity contribution in [1.82, 2.24) is 4.98 Å². The van der Waals surface area contributed by atoms with Crippen LogP contribution in [0.3, 0.4) is 0 Å². The zero-order valence-corrected chi connectivity index (χ0v) is 11.3. The smallest absolute Gasteiger partial charge is 0.354 e. The Kier molecular flexibility index (Phi) is 4.85. The minimum atomic E-state index is -4.41. The van der Waals surface area contributed by atoms with Crippen LogP contribution in [-0.4, -0.2) is 17.6 Å². The van der Waals surface area contributed by atoms with Gasteiger partial charge < -0.3 is 4.90 Å². The summed E-state index contributed by atoms with van der Waals surface area (Å²) in [5.41, 5.74) is -0.765. The van der Waals surface area contributed by atoms with E-state index in [1.54, 1.807) is 4.90 Å². The minimum Gasteiger partial charge on any atom is -0.354 e. The van der Waals surface area contributed by atoms with Gasteiger partial charge in [-0.25, -0.2) is 4.98 Å². The standard InChI is InChI=1S/C12H16ClF3N2/c1-4-5-18(8(2)3)11-7-9(12(14,15)16)6-10(13)17-11/h6-8H,4-5H2,1-3H3. The average molecular weight is 281 g/mol. The van der Waals surface area contributed by atoms with Gasteiger partial charge in [0.05, 0.1) is 5.56 Å². The van der Waals surface area contributed by atoms with Crippen molar-refractivity contribution in [2.75, 3.05) is 11.4 Å². The first kappa shape index (κ1) is 15.1. The number of nitrogens with zero attached hydrogens (tertiary/aromatic N) is 2. The van der Waals surface area contributed by atoms with E-state index in [0.29, 0.717) is 6.54 Å². The highest BCUT2D eigenvalue weighted by Gasteiger charge is 2.32. The molecule has 6 heteroatoms. The molecule has 0 spiro atoms. The third-order valence-corrected chi connectivity index (χ3v) is 2.68. The van der Waals surface area contributed by atoms with E-state index in [2.05, 4.69) is 4.98 Å². The van der Waals surface area contributed by atoms with Gasteiger partial charge in [0.2, 0.25) is 0 Å². The van der Waals surface area contributed by atoms with Crippen LogP contribution >= 0.6 is 11.6 Å². The predicted octanol–water partition coefficient (Wildman–Crippen LogP) is 4.38. The molecule has 2 nitrogen and oxygen atoms in total. The number of pyridine rings is 1. The van der Waals surface area contributed by atoms with Gasteiger partial charge in [0.15, 0.2) is 0 Å². The zero-order chi connectivity index (χ0) is 13.9. The molecule has 0 N–H and O–H groups in total. The molecule has 18 heavy (non-hydrogen) atoms. The van der Waals surface area contributed by atoms with Crippen molar-refractivity contribution in [3.05, 3.63) is 22.8 Å². The van der Waals surface area contributed by atoms with E-state index in [0.717, 1.165) is 18.6 Å². The Labute approximate surface area is 110 Å². The lowest BCUT2D eigenvalue weighted by Gasteiger charge is -2.28. The SMILES string of the molecule is CCCN(c1cc(C(F)(F)F)cc(Cl)n1)C(C)C. The van der Waals surface area contributed by atoms with Crippen LogP contribution in [0.1, 0.15) is 32.8 Å². The van der Waals surface area contributed by atoms with Crippen LogP contribution in [0.5, 0.6) is 0 Å². The van der Waals surface area contributed by atoms with E-state index >= 15 is 0 Å². The van der Waals surface area contributed by atoms with E-state index in [-0.39, 0.29) is 17.0 Å². The fourth-order valence-electron chi connectivity index (χ4n) is 1.67. The lowest BCUT2D eigenvalue weighted by atomic mass is 10.2. The Morgan fingerprint density at radius 3 is 2.39 bits per heavy atom. The summed E-state index contributed by atoms with van der Waals surface area (Å²) in [6.07, 6.45) is -3.58. The summed E-state index contributed by atoms with van der Waals surface area (Å²) in [7, 11) is 0. The van der Waals surface area contributed by atoms with E-state index < -0.39 is 11.7 Å². The molecule has 0 unspecified atom stereocenters. The third-order valence-electron chi connectivity index (χ3n) is 2.49. The molecule has 0 radical (unpaired) electrons. The number of hydrogen-bond acceptors (Lipinski definition) is 2. The first-order valence-electron chi connectivity index (χ1n) is 5.77. The van der Waals surface area contributed by atoms with Crippen LogP contribution in [0.15, 0.2) is 12.1 Å². The summed E-state index contributed by atoms with van der Waals surface area (Å²) in [5.74, 6) is 0.270. The second kappa shape index (κ2) is 5.78. The third kappa shape index (κ3) is 3.77. The predicted molar refractivity (Wildman–Crippen MR) is 67.0 cm³/mol. The molecule has 0 aliphatic rings. The highest BCUT2D eigenvalue weighted by atomic mass is 35.5. The fraction of sp³-hybridized carbons (Fsp3) is 0.583.